The number of halogens is 1. The lowest BCUT2D eigenvalue weighted by Gasteiger charge is -2.19. The average Bonchev–Trinajstić information content (AvgIpc) is 2.08. The van der Waals surface area contributed by atoms with Crippen molar-refractivity contribution >= 4 is 29.0 Å². The fourth-order valence-corrected chi connectivity index (χ4v) is 2.09. The van der Waals surface area contributed by atoms with Gasteiger partial charge >= 0.3 is 6.09 Å². The molecule has 0 saturated heterocycles. The van der Waals surface area contributed by atoms with Crippen LogP contribution in [-0.2, 0) is 4.74 Å². The zero-order valence-corrected chi connectivity index (χ0v) is 10.1. The second-order valence-corrected chi connectivity index (χ2v) is 4.00. The molecule has 0 aliphatic heterocycles. The van der Waals surface area contributed by atoms with E-state index >= 15 is 0 Å². The molecule has 4 nitrogen and oxygen atoms in total. The van der Waals surface area contributed by atoms with E-state index in [1.807, 2.05) is 12.2 Å². The molecule has 14 heavy (non-hydrogen) atoms. The molecule has 0 aromatic rings. The maximum Gasteiger partial charge on any atom is 0.405 e. The van der Waals surface area contributed by atoms with Gasteiger partial charge in [0.15, 0.2) is 0 Å². The van der Waals surface area contributed by atoms with Crippen LogP contribution in [0.4, 0.5) is 4.79 Å². The lowest BCUT2D eigenvalue weighted by atomic mass is 10.0. The summed E-state index contributed by atoms with van der Waals surface area (Å²) in [7, 11) is 0. The number of amides is 1. The fourth-order valence-electron chi connectivity index (χ4n) is 1.52. The molecule has 2 atom stereocenters. The van der Waals surface area contributed by atoms with Crippen LogP contribution in [0.1, 0.15) is 25.7 Å². The van der Waals surface area contributed by atoms with Gasteiger partial charge in [-0.25, -0.2) is 4.79 Å². The maximum atomic E-state index is 10.5. The smallest absolute Gasteiger partial charge is 0.405 e. The number of hydrogen-bond acceptors (Lipinski definition) is 3. The highest BCUT2D eigenvalue weighted by Crippen LogP contribution is 2.15. The zero-order valence-electron chi connectivity index (χ0n) is 7.91. The van der Waals surface area contributed by atoms with E-state index in [9.17, 15) is 4.79 Å². The average molecular weight is 310 g/mol. The molecule has 0 radical (unpaired) electrons. The van der Waals surface area contributed by atoms with Crippen LogP contribution in [0.2, 0.25) is 0 Å². The monoisotopic (exact) mass is 310 g/mol. The fraction of sp³-hybridized carbons (Fsp3) is 0.667. The van der Waals surface area contributed by atoms with Crippen LogP contribution in [0.5, 0.6) is 0 Å². The summed E-state index contributed by atoms with van der Waals surface area (Å²) in [6, 6.07) is 0.529. The van der Waals surface area contributed by atoms with Crippen molar-refractivity contribution in [2.75, 3.05) is 0 Å². The van der Waals surface area contributed by atoms with Crippen molar-refractivity contribution in [2.24, 2.45) is 5.73 Å². The molecule has 1 aliphatic rings. The first-order chi connectivity index (χ1) is 6.72. The van der Waals surface area contributed by atoms with Crippen molar-refractivity contribution in [2.45, 2.75) is 37.8 Å². The zero-order chi connectivity index (χ0) is 10.4. The van der Waals surface area contributed by atoms with Crippen LogP contribution in [-0.4, -0.2) is 18.2 Å². The van der Waals surface area contributed by atoms with Gasteiger partial charge in [0.1, 0.15) is 6.10 Å². The molecule has 0 fully saturated rings. The number of hydrogen-bond donors (Lipinski definition) is 2. The van der Waals surface area contributed by atoms with E-state index in [-0.39, 0.29) is 6.10 Å². The maximum absolute atomic E-state index is 10.5. The highest BCUT2D eigenvalue weighted by molar-refractivity contribution is 14.1. The molecule has 0 aromatic heterocycles. The molecule has 0 heterocycles. The molecular formula is C9H15IN2O2. The van der Waals surface area contributed by atoms with Gasteiger partial charge in [0.25, 0.3) is 0 Å². The van der Waals surface area contributed by atoms with Crippen molar-refractivity contribution in [3.05, 3.63) is 12.2 Å². The number of nitrogens with one attached hydrogen (secondary N) is 1. The minimum absolute atomic E-state index is 0.136. The van der Waals surface area contributed by atoms with E-state index in [4.69, 9.17) is 10.5 Å². The molecule has 5 heteroatoms. The van der Waals surface area contributed by atoms with Gasteiger partial charge in [0.05, 0.1) is 0 Å². The van der Waals surface area contributed by atoms with Crippen LogP contribution < -0.4 is 9.26 Å². The van der Waals surface area contributed by atoms with E-state index in [2.05, 4.69) is 26.4 Å². The van der Waals surface area contributed by atoms with Gasteiger partial charge in [0, 0.05) is 28.9 Å². The Morgan fingerprint density at radius 1 is 1.57 bits per heavy atom. The van der Waals surface area contributed by atoms with Crippen LogP contribution >= 0.6 is 22.9 Å². The summed E-state index contributed by atoms with van der Waals surface area (Å²) in [6.07, 6.45) is 7.12. The highest BCUT2D eigenvalue weighted by Gasteiger charge is 2.13. The van der Waals surface area contributed by atoms with Crippen LogP contribution in [0, 0.1) is 0 Å². The third kappa shape index (κ3) is 4.28. The molecular weight excluding hydrogens is 295 g/mol. The number of carbonyl (C=O) groups is 1. The quantitative estimate of drug-likeness (QED) is 0.465. The first-order valence-corrected chi connectivity index (χ1v) is 5.79. The summed E-state index contributed by atoms with van der Waals surface area (Å²) in [6.45, 7) is 0. The van der Waals surface area contributed by atoms with Gasteiger partial charge in [0.2, 0.25) is 0 Å². The Hall–Kier alpha value is -0.300. The molecule has 1 rings (SSSR count). The molecule has 0 saturated carbocycles. The largest absolute Gasteiger partial charge is 0.442 e. The predicted octanol–water partition coefficient (Wildman–Crippen LogP) is 1.89. The van der Waals surface area contributed by atoms with Gasteiger partial charge in [-0.05, 0) is 31.8 Å². The first-order valence-electron chi connectivity index (χ1n) is 4.71. The lowest BCUT2D eigenvalue weighted by Crippen LogP contribution is -2.25. The summed E-state index contributed by atoms with van der Waals surface area (Å²) in [5.74, 6) is 0. The first kappa shape index (κ1) is 11.8. The Kier molecular flexibility index (Phi) is 5.24. The topological polar surface area (TPSA) is 64.4 Å². The Bertz CT molecular complexity index is 221. The van der Waals surface area contributed by atoms with E-state index in [1.165, 1.54) is 0 Å². The van der Waals surface area contributed by atoms with E-state index in [1.54, 1.807) is 0 Å². The number of carbonyl (C=O) groups excluding carboxylic acids is 1. The molecule has 3 N–H and O–H groups in total. The van der Waals surface area contributed by atoms with Crippen LogP contribution in [0.3, 0.4) is 0 Å². The molecule has 2 unspecified atom stereocenters. The summed E-state index contributed by atoms with van der Waals surface area (Å²) in [5.41, 5.74) is 4.96. The van der Waals surface area contributed by atoms with Crippen LogP contribution in [0.15, 0.2) is 12.2 Å². The lowest BCUT2D eigenvalue weighted by molar-refractivity contribution is 0.122. The molecule has 0 spiro atoms. The Morgan fingerprint density at radius 3 is 3.00 bits per heavy atom. The Morgan fingerprint density at radius 2 is 2.36 bits per heavy atom. The van der Waals surface area contributed by atoms with Crippen molar-refractivity contribution in [1.82, 2.24) is 3.53 Å². The van der Waals surface area contributed by atoms with Gasteiger partial charge < -0.3 is 10.5 Å². The number of ether oxygens (including phenoxy) is 1. The summed E-state index contributed by atoms with van der Waals surface area (Å²) in [4.78, 5) is 10.5. The molecule has 0 bridgehead atoms. The third-order valence-electron chi connectivity index (χ3n) is 2.23. The van der Waals surface area contributed by atoms with E-state index < -0.39 is 6.09 Å². The second kappa shape index (κ2) is 6.23. The molecule has 0 aromatic carbocycles. The second-order valence-electron chi connectivity index (χ2n) is 3.38. The molecule has 1 amide bonds. The number of primary amides is 1. The SMILES string of the molecule is NC(=O)OC1C=CCC(NI)CCC1. The van der Waals surface area contributed by atoms with Gasteiger partial charge in [-0.3, -0.25) is 3.53 Å². The van der Waals surface area contributed by atoms with Crippen molar-refractivity contribution < 1.29 is 9.53 Å². The highest BCUT2D eigenvalue weighted by atomic mass is 127. The van der Waals surface area contributed by atoms with E-state index in [0.717, 1.165) is 25.7 Å². The summed E-state index contributed by atoms with van der Waals surface area (Å²) < 4.78 is 8.14. The summed E-state index contributed by atoms with van der Waals surface area (Å²) in [5, 5.41) is 0. The predicted molar refractivity (Wildman–Crippen MR) is 63.0 cm³/mol. The standard InChI is InChI=1S/C9H15IN2O2/c10-12-7-3-1-5-8(6-2-4-7)14-9(11)13/h1,5,7-8,12H,2-4,6H2,(H2,11,13). The van der Waals surface area contributed by atoms with Gasteiger partial charge in [-0.15, -0.1) is 0 Å². The summed E-state index contributed by atoms with van der Waals surface area (Å²) >= 11 is 2.17. The van der Waals surface area contributed by atoms with Crippen molar-refractivity contribution in [3.8, 4) is 0 Å². The molecule has 1 aliphatic carbocycles. The Balaban J connectivity index is 2.42. The molecule has 80 valence electrons. The van der Waals surface area contributed by atoms with Gasteiger partial charge in [-0.1, -0.05) is 6.08 Å². The minimum atomic E-state index is -0.691. The van der Waals surface area contributed by atoms with Gasteiger partial charge in [-0.2, -0.15) is 0 Å². The number of rotatable bonds is 2. The normalized spacial score (nSPS) is 27.8. The Labute approximate surface area is 97.7 Å². The van der Waals surface area contributed by atoms with E-state index in [0.29, 0.717) is 6.04 Å². The third-order valence-corrected chi connectivity index (χ3v) is 3.12. The van der Waals surface area contributed by atoms with Crippen molar-refractivity contribution in [3.63, 3.8) is 0 Å². The minimum Gasteiger partial charge on any atom is -0.442 e. The number of nitrogens with two attached hydrogens (primary N) is 1. The van der Waals surface area contributed by atoms with Crippen molar-refractivity contribution in [1.29, 1.82) is 0 Å². The van der Waals surface area contributed by atoms with Crippen LogP contribution in [0.25, 0.3) is 0 Å².